The highest BCUT2D eigenvalue weighted by atomic mass is 31.1. The Kier molecular flexibility index (Phi) is 13.1. The van der Waals surface area contributed by atoms with Gasteiger partial charge in [0.05, 0.1) is 14.2 Å². The van der Waals surface area contributed by atoms with Crippen molar-refractivity contribution in [2.45, 2.75) is 132 Å². The van der Waals surface area contributed by atoms with E-state index in [1.54, 1.807) is 14.2 Å². The number of ether oxygens (including phenoxy) is 2. The van der Waals surface area contributed by atoms with Crippen LogP contribution in [-0.4, -0.2) is 14.2 Å². The summed E-state index contributed by atoms with van der Waals surface area (Å²) in [5, 5.41) is 0. The number of aryl methyl sites for hydroxylation is 2. The van der Waals surface area contributed by atoms with E-state index in [4.69, 9.17) is 27.6 Å². The predicted octanol–water partition coefficient (Wildman–Crippen LogP) is 13.7. The molecule has 2 unspecified atom stereocenters. The van der Waals surface area contributed by atoms with Gasteiger partial charge in [-0.2, -0.15) is 0 Å². The van der Waals surface area contributed by atoms with Crippen LogP contribution in [0.3, 0.4) is 0 Å². The van der Waals surface area contributed by atoms with E-state index in [1.165, 1.54) is 11.1 Å². The van der Waals surface area contributed by atoms with Crippen molar-refractivity contribution >= 4 is 18.1 Å². The average molecular weight is 775 g/mol. The van der Waals surface area contributed by atoms with Crippen LogP contribution >= 0.6 is 18.1 Å². The Bertz CT molecular complexity index is 1830. The molecule has 0 saturated carbocycles. The smallest absolute Gasteiger partial charge is 0.275 e. The first-order chi connectivity index (χ1) is 24.9. The van der Waals surface area contributed by atoms with Gasteiger partial charge < -0.3 is 27.6 Å². The first-order valence-corrected chi connectivity index (χ1v) is 20.4. The molecule has 0 N–H and O–H groups in total. The van der Waals surface area contributed by atoms with Crippen LogP contribution in [0.15, 0.2) is 48.5 Å². The number of benzene rings is 4. The average Bonchev–Trinajstić information content (AvgIpc) is 3.04. The van der Waals surface area contributed by atoms with Crippen molar-refractivity contribution in [2.24, 2.45) is 0 Å². The summed E-state index contributed by atoms with van der Waals surface area (Å²) in [4.78, 5) is 0. The number of methoxy groups -OCH3 is 2. The molecule has 0 saturated heterocycles. The molecule has 8 heteroatoms. The second-order valence-electron chi connectivity index (χ2n) is 18.4. The largest absolute Gasteiger partial charge is 0.497 e. The zero-order valence-electron chi connectivity index (χ0n) is 36.1. The fourth-order valence-electron chi connectivity index (χ4n) is 6.94. The van der Waals surface area contributed by atoms with Gasteiger partial charge in [0.15, 0.2) is 0 Å². The van der Waals surface area contributed by atoms with E-state index in [0.717, 1.165) is 79.0 Å². The van der Waals surface area contributed by atoms with Gasteiger partial charge >= 0.3 is 0 Å². The maximum Gasteiger partial charge on any atom is 0.275 e. The van der Waals surface area contributed by atoms with Gasteiger partial charge in [-0.05, 0) is 119 Å². The highest BCUT2D eigenvalue weighted by molar-refractivity contribution is 7.27. The molecule has 0 aliphatic heterocycles. The molecule has 0 radical (unpaired) electrons. The molecule has 4 rings (SSSR count). The Morgan fingerprint density at radius 3 is 0.981 bits per heavy atom. The van der Waals surface area contributed by atoms with Crippen LogP contribution in [0, 0.1) is 27.7 Å². The summed E-state index contributed by atoms with van der Waals surface area (Å²) in [5.74, 6) is 4.72. The lowest BCUT2D eigenvalue weighted by Gasteiger charge is -2.35. The zero-order chi connectivity index (χ0) is 40.6. The van der Waals surface area contributed by atoms with Crippen molar-refractivity contribution in [3.05, 3.63) is 93.0 Å². The van der Waals surface area contributed by atoms with E-state index in [0.29, 0.717) is 0 Å². The van der Waals surface area contributed by atoms with Crippen LogP contribution in [-0.2, 0) is 21.7 Å². The van der Waals surface area contributed by atoms with Crippen molar-refractivity contribution < 1.29 is 27.6 Å². The third kappa shape index (κ3) is 9.66. The van der Waals surface area contributed by atoms with Crippen LogP contribution in [0.5, 0.6) is 34.5 Å². The molecule has 4 aromatic rings. The third-order valence-corrected chi connectivity index (χ3v) is 11.1. The molecular weight excluding hydrogens is 710 g/mol. The lowest BCUT2D eigenvalue weighted by molar-refractivity contribution is 0.413. The minimum absolute atomic E-state index is 0.142. The third-order valence-electron chi connectivity index (χ3n) is 9.92. The summed E-state index contributed by atoms with van der Waals surface area (Å²) in [6.07, 6.45) is 0. The van der Waals surface area contributed by atoms with Crippen molar-refractivity contribution in [1.82, 2.24) is 0 Å². The molecule has 54 heavy (non-hydrogen) atoms. The van der Waals surface area contributed by atoms with E-state index in [-0.39, 0.29) is 39.7 Å². The predicted molar refractivity (Wildman–Crippen MR) is 231 cm³/mol. The first kappa shape index (κ1) is 43.3. The van der Waals surface area contributed by atoms with Gasteiger partial charge in [0.1, 0.15) is 34.5 Å². The number of hydrogen-bond acceptors (Lipinski definition) is 6. The van der Waals surface area contributed by atoms with Gasteiger partial charge in [-0.3, -0.25) is 0 Å². The molecule has 0 spiro atoms. The monoisotopic (exact) mass is 774 g/mol. The summed E-state index contributed by atoms with van der Waals surface area (Å²) in [6, 6.07) is 16.4. The molecule has 294 valence electrons. The summed E-state index contributed by atoms with van der Waals surface area (Å²) < 4.78 is 37.6. The number of hydrogen-bond donors (Lipinski definition) is 0. The Labute approximate surface area is 329 Å². The molecule has 0 fully saturated rings. The normalized spacial score (nSPS) is 12.9. The highest BCUT2D eigenvalue weighted by Crippen LogP contribution is 2.54. The van der Waals surface area contributed by atoms with E-state index in [2.05, 4.69) is 109 Å². The van der Waals surface area contributed by atoms with Crippen molar-refractivity contribution in [3.63, 3.8) is 0 Å². The Morgan fingerprint density at radius 2 is 0.722 bits per heavy atom. The van der Waals surface area contributed by atoms with Crippen LogP contribution < -0.4 is 27.6 Å². The zero-order valence-corrected chi connectivity index (χ0v) is 38.1. The lowest BCUT2D eigenvalue weighted by Crippen LogP contribution is -2.22. The highest BCUT2D eigenvalue weighted by Gasteiger charge is 2.35. The minimum Gasteiger partial charge on any atom is -0.497 e. The van der Waals surface area contributed by atoms with Crippen molar-refractivity contribution in [1.29, 1.82) is 0 Å². The minimum atomic E-state index is -0.292. The van der Waals surface area contributed by atoms with Crippen molar-refractivity contribution in [2.75, 3.05) is 14.2 Å². The van der Waals surface area contributed by atoms with Gasteiger partial charge in [0.25, 0.3) is 18.1 Å². The van der Waals surface area contributed by atoms with Gasteiger partial charge in [0, 0.05) is 22.3 Å². The molecule has 0 bridgehead atoms. The summed E-state index contributed by atoms with van der Waals surface area (Å²) in [6.45, 7) is 35.7. The summed E-state index contributed by atoms with van der Waals surface area (Å²) in [5.41, 5.74) is 10.3. The van der Waals surface area contributed by atoms with Crippen LogP contribution in [0.2, 0.25) is 0 Å². The fourth-order valence-corrected chi connectivity index (χ4v) is 8.26. The maximum absolute atomic E-state index is 6.96. The summed E-state index contributed by atoms with van der Waals surface area (Å²) in [7, 11) is 2.76. The molecule has 6 nitrogen and oxygen atoms in total. The first-order valence-electron chi connectivity index (χ1n) is 18.7. The van der Waals surface area contributed by atoms with E-state index < -0.39 is 0 Å². The van der Waals surface area contributed by atoms with Gasteiger partial charge in [0.2, 0.25) is 0 Å². The second-order valence-corrected chi connectivity index (χ2v) is 19.6. The van der Waals surface area contributed by atoms with E-state index in [9.17, 15) is 0 Å². The molecule has 2 atom stereocenters. The van der Waals surface area contributed by atoms with Gasteiger partial charge in [-0.25, -0.2) is 0 Å². The van der Waals surface area contributed by atoms with Crippen LogP contribution in [0.4, 0.5) is 0 Å². The molecule has 0 heterocycles. The molecule has 0 aliphatic carbocycles. The topological polar surface area (TPSA) is 55.4 Å². The summed E-state index contributed by atoms with van der Waals surface area (Å²) >= 11 is 0. The van der Waals surface area contributed by atoms with Gasteiger partial charge in [-0.15, -0.1) is 0 Å². The van der Waals surface area contributed by atoms with E-state index in [1.807, 2.05) is 50.2 Å². The Hall–Kier alpha value is -3.46. The SMILES string of the molecule is COc1ccc(OPOc2c(C(C)(C)C)cc(C(C)(C)C)c(C)c2-c2c(C)c(C(C)(C)C)cc(C(C)(C)C)c2OPOc2ccc(OC)cc2C)c(C)c1. The quantitative estimate of drug-likeness (QED) is 0.141. The van der Waals surface area contributed by atoms with E-state index >= 15 is 0 Å². The molecular formula is C46H64O6P2. The van der Waals surface area contributed by atoms with Crippen molar-refractivity contribution in [3.8, 4) is 45.6 Å². The lowest BCUT2D eigenvalue weighted by atomic mass is 9.72. The molecule has 4 aromatic carbocycles. The fraction of sp³-hybridized carbons (Fsp3) is 0.478. The standard InChI is InChI=1S/C46H64O6P2/c1-27-23-31(47-17)19-21-37(27)49-53-51-41-35(45(11,12)13)25-33(43(5,6)7)29(3)39(41)40-30(4)34(44(8,9)10)26-36(46(14,15)16)42(40)52-54-50-38-22-20-32(48-18)24-28(38)2/h19-26,53-54H,1-18H3. The maximum atomic E-state index is 6.96. The Morgan fingerprint density at radius 1 is 0.407 bits per heavy atom. The van der Waals surface area contributed by atoms with Crippen LogP contribution in [0.1, 0.15) is 128 Å². The Balaban J connectivity index is 2.06. The van der Waals surface area contributed by atoms with Crippen LogP contribution in [0.25, 0.3) is 11.1 Å². The second kappa shape index (κ2) is 16.3. The van der Waals surface area contributed by atoms with Gasteiger partial charge in [-0.1, -0.05) is 95.2 Å². The molecule has 0 aromatic heterocycles. The number of rotatable bonds is 11. The molecule has 0 amide bonds. The molecule has 0 aliphatic rings.